The van der Waals surface area contributed by atoms with Crippen LogP contribution >= 0.6 is 0 Å². The van der Waals surface area contributed by atoms with E-state index in [-0.39, 0.29) is 5.97 Å². The van der Waals surface area contributed by atoms with Crippen molar-refractivity contribution in [1.29, 1.82) is 0 Å². The van der Waals surface area contributed by atoms with Crippen LogP contribution in [0.4, 0.5) is 0 Å². The van der Waals surface area contributed by atoms with E-state index in [4.69, 9.17) is 8.87 Å². The summed E-state index contributed by atoms with van der Waals surface area (Å²) in [7, 11) is 0. The molecule has 1 N–H and O–H groups in total. The van der Waals surface area contributed by atoms with E-state index in [2.05, 4.69) is 0 Å². The van der Waals surface area contributed by atoms with E-state index < -0.39 is 15.8 Å². The van der Waals surface area contributed by atoms with Crippen molar-refractivity contribution in [3.8, 4) is 0 Å². The maximum atomic E-state index is 10.7. The van der Waals surface area contributed by atoms with Crippen molar-refractivity contribution in [3.63, 3.8) is 0 Å². The molecule has 60 valence electrons. The van der Waals surface area contributed by atoms with Gasteiger partial charge in [-0.05, 0) is 0 Å². The van der Waals surface area contributed by atoms with Gasteiger partial charge < -0.3 is 0 Å². The van der Waals surface area contributed by atoms with Crippen molar-refractivity contribution in [2.24, 2.45) is 0 Å². The van der Waals surface area contributed by atoms with Crippen LogP contribution in [-0.4, -0.2) is 32.5 Å². The molecule has 0 spiro atoms. The molecule has 0 amide bonds. The second kappa shape index (κ2) is 7.08. The van der Waals surface area contributed by atoms with E-state index in [0.717, 1.165) is 6.42 Å². The van der Waals surface area contributed by atoms with Gasteiger partial charge in [0, 0.05) is 0 Å². The van der Waals surface area contributed by atoms with Crippen LogP contribution in [0.15, 0.2) is 0 Å². The van der Waals surface area contributed by atoms with Crippen LogP contribution in [-0.2, 0) is 9.53 Å². The minimum absolute atomic E-state index is 0.165. The summed E-state index contributed by atoms with van der Waals surface area (Å²) in [5.41, 5.74) is 0. The third-order valence-electron chi connectivity index (χ3n) is 1.01. The molecule has 0 aliphatic rings. The van der Waals surface area contributed by atoms with E-state index in [0.29, 0.717) is 18.3 Å². The molecule has 0 aromatic carbocycles. The monoisotopic (exact) mass is 208 g/mol. The first kappa shape index (κ1) is 9.97. The maximum absolute atomic E-state index is 10.7. The standard InChI is InChI=1S/C6H14GeO3/c1-2-5-10-6(8)3-4-7-9/h9H,2-5,7H2,1H3. The minimum atomic E-state index is -1.31. The van der Waals surface area contributed by atoms with Crippen molar-refractivity contribution in [2.75, 3.05) is 6.61 Å². The topological polar surface area (TPSA) is 46.5 Å². The molecular weight excluding hydrogens is 193 g/mol. The summed E-state index contributed by atoms with van der Waals surface area (Å²) in [4.78, 5) is 10.7. The average molecular weight is 207 g/mol. The number of esters is 1. The Morgan fingerprint density at radius 3 is 2.90 bits per heavy atom. The van der Waals surface area contributed by atoms with E-state index in [1.54, 1.807) is 0 Å². The van der Waals surface area contributed by atoms with Gasteiger partial charge in [0.1, 0.15) is 0 Å². The van der Waals surface area contributed by atoms with Crippen LogP contribution in [0.3, 0.4) is 0 Å². The van der Waals surface area contributed by atoms with Crippen LogP contribution in [0.1, 0.15) is 19.8 Å². The van der Waals surface area contributed by atoms with Crippen LogP contribution in [0.25, 0.3) is 0 Å². The normalized spacial score (nSPS) is 10.6. The number of ether oxygens (including phenoxy) is 1. The Labute approximate surface area is 67.6 Å². The summed E-state index contributed by atoms with van der Waals surface area (Å²) >= 11 is -1.31. The molecular formula is C6H14GeO3. The first-order valence-corrected chi connectivity index (χ1v) is 7.00. The summed E-state index contributed by atoms with van der Waals surface area (Å²) in [6.07, 6.45) is 1.28. The van der Waals surface area contributed by atoms with Gasteiger partial charge in [-0.1, -0.05) is 0 Å². The summed E-state index contributed by atoms with van der Waals surface area (Å²) in [5.74, 6) is -0.165. The summed E-state index contributed by atoms with van der Waals surface area (Å²) in [5, 5.41) is 0.690. The van der Waals surface area contributed by atoms with Gasteiger partial charge in [-0.25, -0.2) is 0 Å². The van der Waals surface area contributed by atoms with Crippen molar-refractivity contribution in [1.82, 2.24) is 0 Å². The van der Waals surface area contributed by atoms with E-state index in [9.17, 15) is 4.79 Å². The molecule has 4 heteroatoms. The van der Waals surface area contributed by atoms with Crippen LogP contribution in [0.5, 0.6) is 0 Å². The molecule has 0 aromatic rings. The first-order valence-electron chi connectivity index (χ1n) is 3.57. The van der Waals surface area contributed by atoms with Gasteiger partial charge in [0.15, 0.2) is 0 Å². The van der Waals surface area contributed by atoms with E-state index in [1.807, 2.05) is 6.92 Å². The van der Waals surface area contributed by atoms with Gasteiger partial charge in [0.2, 0.25) is 0 Å². The first-order chi connectivity index (χ1) is 4.81. The fourth-order valence-electron chi connectivity index (χ4n) is 0.511. The Morgan fingerprint density at radius 2 is 2.40 bits per heavy atom. The molecule has 0 radical (unpaired) electrons. The molecule has 0 heterocycles. The molecule has 0 saturated heterocycles. The van der Waals surface area contributed by atoms with Gasteiger partial charge in [-0.15, -0.1) is 0 Å². The van der Waals surface area contributed by atoms with Crippen molar-refractivity contribution in [3.05, 3.63) is 0 Å². The molecule has 0 aliphatic heterocycles. The number of carbonyl (C=O) groups excluding carboxylic acids is 1. The van der Waals surface area contributed by atoms with Crippen molar-refractivity contribution >= 4 is 21.7 Å². The predicted molar refractivity (Wildman–Crippen MR) is 41.4 cm³/mol. The summed E-state index contributed by atoms with van der Waals surface area (Å²) in [6, 6.07) is 0. The summed E-state index contributed by atoms with van der Waals surface area (Å²) in [6.45, 7) is 2.47. The number of carbonyl (C=O) groups is 1. The molecule has 0 aliphatic carbocycles. The number of hydrogen-bond donors (Lipinski definition) is 1. The molecule has 0 fully saturated rings. The Kier molecular flexibility index (Phi) is 7.07. The van der Waals surface area contributed by atoms with Gasteiger partial charge >= 0.3 is 67.0 Å². The number of rotatable bonds is 5. The number of hydrogen-bond acceptors (Lipinski definition) is 3. The second-order valence-corrected chi connectivity index (χ2v) is 4.47. The predicted octanol–water partition coefficient (Wildman–Crippen LogP) is -0.176. The van der Waals surface area contributed by atoms with Gasteiger partial charge in [0.05, 0.1) is 0 Å². The molecule has 0 atom stereocenters. The van der Waals surface area contributed by atoms with E-state index in [1.165, 1.54) is 0 Å². The van der Waals surface area contributed by atoms with Crippen LogP contribution < -0.4 is 0 Å². The second-order valence-electron chi connectivity index (χ2n) is 2.05. The third-order valence-corrected chi connectivity index (χ3v) is 2.41. The van der Waals surface area contributed by atoms with Crippen molar-refractivity contribution in [2.45, 2.75) is 25.0 Å². The van der Waals surface area contributed by atoms with Gasteiger partial charge in [0.25, 0.3) is 0 Å². The average Bonchev–Trinajstić information content (AvgIpc) is 1.97. The fraction of sp³-hybridized carbons (Fsp3) is 0.833. The molecule has 0 saturated carbocycles. The molecule has 0 rings (SSSR count). The Bertz CT molecular complexity index is 85.0. The third kappa shape index (κ3) is 6.10. The van der Waals surface area contributed by atoms with Crippen LogP contribution in [0, 0.1) is 0 Å². The molecule has 0 bridgehead atoms. The molecule has 3 nitrogen and oxygen atoms in total. The molecule has 10 heavy (non-hydrogen) atoms. The van der Waals surface area contributed by atoms with Crippen molar-refractivity contribution < 1.29 is 13.7 Å². The fourth-order valence-corrected chi connectivity index (χ4v) is 1.45. The zero-order valence-corrected chi connectivity index (χ0v) is 9.27. The van der Waals surface area contributed by atoms with E-state index >= 15 is 0 Å². The van der Waals surface area contributed by atoms with Gasteiger partial charge in [-0.2, -0.15) is 0 Å². The zero-order valence-electron chi connectivity index (χ0n) is 6.30. The van der Waals surface area contributed by atoms with Crippen LogP contribution in [0.2, 0.25) is 5.25 Å². The summed E-state index contributed by atoms with van der Waals surface area (Å²) < 4.78 is 13.3. The SMILES string of the molecule is CCCOC(=O)C[CH2][GeH2][OH]. The Hall–Kier alpha value is -0.0271. The Balaban J connectivity index is 3.09. The molecule has 0 aromatic heterocycles. The zero-order chi connectivity index (χ0) is 7.82. The van der Waals surface area contributed by atoms with Gasteiger partial charge in [-0.3, -0.25) is 0 Å². The Morgan fingerprint density at radius 1 is 1.70 bits per heavy atom. The quantitative estimate of drug-likeness (QED) is 0.502. The molecule has 0 unspecified atom stereocenters.